The second kappa shape index (κ2) is 9.43. The molecule has 0 saturated heterocycles. The number of ether oxygens (including phenoxy) is 2. The van der Waals surface area contributed by atoms with E-state index in [0.29, 0.717) is 21.5 Å². The predicted molar refractivity (Wildman–Crippen MR) is 128 cm³/mol. The first-order valence-electron chi connectivity index (χ1n) is 10.6. The van der Waals surface area contributed by atoms with E-state index in [0.717, 1.165) is 17.5 Å². The molecule has 4 nitrogen and oxygen atoms in total. The van der Waals surface area contributed by atoms with Crippen LogP contribution in [0.3, 0.4) is 0 Å². The molecule has 1 N–H and O–H groups in total. The fraction of sp³-hybridized carbons (Fsp3) is 0.269. The largest absolute Gasteiger partial charge is 0.485 e. The van der Waals surface area contributed by atoms with Gasteiger partial charge in [-0.2, -0.15) is 0 Å². The minimum Gasteiger partial charge on any atom is -0.485 e. The average molecular weight is 470 g/mol. The third-order valence-corrected chi connectivity index (χ3v) is 6.27. The number of halogens is 2. The summed E-state index contributed by atoms with van der Waals surface area (Å²) in [5.41, 5.74) is 1.14. The van der Waals surface area contributed by atoms with Crippen molar-refractivity contribution in [2.45, 2.75) is 37.8 Å². The quantitative estimate of drug-likeness (QED) is 0.477. The summed E-state index contributed by atoms with van der Waals surface area (Å²) in [6.45, 7) is 3.87. The molecule has 1 amide bonds. The zero-order valence-corrected chi connectivity index (χ0v) is 19.5. The van der Waals surface area contributed by atoms with E-state index in [1.807, 2.05) is 49.4 Å². The van der Waals surface area contributed by atoms with E-state index in [1.165, 1.54) is 0 Å². The summed E-state index contributed by atoms with van der Waals surface area (Å²) in [5.74, 6) is 0.885. The van der Waals surface area contributed by atoms with Crippen molar-refractivity contribution in [3.63, 3.8) is 0 Å². The molecule has 32 heavy (non-hydrogen) atoms. The number of fused-ring (bicyclic) bond motifs is 1. The SMILES string of the molecule is C[C@H](NC(=O)C1(C)COc2ccc(Cl)cc2O1)C(Cc1ccc(Cl)cc1)c1ccccc1. The van der Waals surface area contributed by atoms with E-state index in [2.05, 4.69) is 17.4 Å². The van der Waals surface area contributed by atoms with Crippen molar-refractivity contribution in [3.8, 4) is 11.5 Å². The summed E-state index contributed by atoms with van der Waals surface area (Å²) < 4.78 is 11.8. The van der Waals surface area contributed by atoms with Gasteiger partial charge < -0.3 is 14.8 Å². The van der Waals surface area contributed by atoms with Crippen molar-refractivity contribution in [2.75, 3.05) is 6.61 Å². The number of carbonyl (C=O) groups excluding carboxylic acids is 1. The fourth-order valence-corrected chi connectivity index (χ4v) is 4.19. The van der Waals surface area contributed by atoms with Crippen LogP contribution in [0.2, 0.25) is 10.0 Å². The highest BCUT2D eigenvalue weighted by Gasteiger charge is 2.42. The molecule has 0 aliphatic carbocycles. The van der Waals surface area contributed by atoms with Gasteiger partial charge in [0, 0.05) is 28.1 Å². The number of rotatable bonds is 6. The van der Waals surface area contributed by atoms with Crippen molar-refractivity contribution >= 4 is 29.1 Å². The molecule has 0 radical (unpaired) electrons. The monoisotopic (exact) mass is 469 g/mol. The van der Waals surface area contributed by atoms with Gasteiger partial charge in [-0.3, -0.25) is 4.79 Å². The topological polar surface area (TPSA) is 47.6 Å². The summed E-state index contributed by atoms with van der Waals surface area (Å²) in [6, 6.07) is 23.0. The number of nitrogens with one attached hydrogen (secondary N) is 1. The van der Waals surface area contributed by atoms with Crippen LogP contribution in [0.1, 0.15) is 30.9 Å². The van der Waals surface area contributed by atoms with Crippen LogP contribution < -0.4 is 14.8 Å². The smallest absolute Gasteiger partial charge is 0.267 e. The molecule has 0 aromatic heterocycles. The van der Waals surface area contributed by atoms with Gasteiger partial charge in [-0.25, -0.2) is 0 Å². The molecule has 0 saturated carbocycles. The third kappa shape index (κ3) is 5.03. The van der Waals surface area contributed by atoms with E-state index in [-0.39, 0.29) is 24.5 Å². The molecule has 3 aromatic carbocycles. The number of carbonyl (C=O) groups is 1. The van der Waals surface area contributed by atoms with Gasteiger partial charge in [0.2, 0.25) is 5.60 Å². The van der Waals surface area contributed by atoms with Crippen LogP contribution in [-0.2, 0) is 11.2 Å². The van der Waals surface area contributed by atoms with E-state index < -0.39 is 5.60 Å². The van der Waals surface area contributed by atoms with Crippen molar-refractivity contribution in [1.29, 1.82) is 0 Å². The molecule has 3 atom stereocenters. The normalized spacial score (nSPS) is 19.1. The molecule has 6 heteroatoms. The zero-order valence-electron chi connectivity index (χ0n) is 18.0. The van der Waals surface area contributed by atoms with Crippen molar-refractivity contribution < 1.29 is 14.3 Å². The van der Waals surface area contributed by atoms with Crippen molar-refractivity contribution in [1.82, 2.24) is 5.32 Å². The summed E-state index contributed by atoms with van der Waals surface area (Å²) in [7, 11) is 0. The molecule has 1 aliphatic rings. The Labute approximate surface area is 198 Å². The Balaban J connectivity index is 1.53. The third-order valence-electron chi connectivity index (χ3n) is 5.78. The highest BCUT2D eigenvalue weighted by molar-refractivity contribution is 6.31. The number of hydrogen-bond acceptors (Lipinski definition) is 3. The van der Waals surface area contributed by atoms with Crippen molar-refractivity contribution in [3.05, 3.63) is 94.0 Å². The second-order valence-electron chi connectivity index (χ2n) is 8.32. The summed E-state index contributed by atoms with van der Waals surface area (Å²) >= 11 is 12.1. The van der Waals surface area contributed by atoms with Gasteiger partial charge >= 0.3 is 0 Å². The molecular formula is C26H25Cl2NO3. The summed E-state index contributed by atoms with van der Waals surface area (Å²) in [5, 5.41) is 4.39. The van der Waals surface area contributed by atoms with Gasteiger partial charge in [-0.15, -0.1) is 0 Å². The molecule has 166 valence electrons. The Morgan fingerprint density at radius 3 is 2.41 bits per heavy atom. The molecule has 4 rings (SSSR count). The lowest BCUT2D eigenvalue weighted by atomic mass is 9.86. The minimum atomic E-state index is -1.16. The van der Waals surface area contributed by atoms with Crippen LogP contribution in [0.4, 0.5) is 0 Å². The Morgan fingerprint density at radius 2 is 1.69 bits per heavy atom. The maximum atomic E-state index is 13.3. The van der Waals surface area contributed by atoms with Gasteiger partial charge in [-0.1, -0.05) is 65.7 Å². The van der Waals surface area contributed by atoms with Crippen LogP contribution >= 0.6 is 23.2 Å². The van der Waals surface area contributed by atoms with E-state index in [1.54, 1.807) is 25.1 Å². The minimum absolute atomic E-state index is 0.0659. The zero-order chi connectivity index (χ0) is 22.7. The van der Waals surface area contributed by atoms with E-state index in [9.17, 15) is 4.79 Å². The Hall–Kier alpha value is -2.69. The van der Waals surface area contributed by atoms with Crippen LogP contribution in [-0.4, -0.2) is 24.2 Å². The highest BCUT2D eigenvalue weighted by atomic mass is 35.5. The van der Waals surface area contributed by atoms with Gasteiger partial charge in [0.1, 0.15) is 6.61 Å². The first-order chi connectivity index (χ1) is 15.3. The first-order valence-corrected chi connectivity index (χ1v) is 11.3. The number of hydrogen-bond donors (Lipinski definition) is 1. The van der Waals surface area contributed by atoms with E-state index >= 15 is 0 Å². The fourth-order valence-electron chi connectivity index (χ4n) is 3.90. The summed E-state index contributed by atoms with van der Waals surface area (Å²) in [6.07, 6.45) is 0.759. The molecule has 0 bridgehead atoms. The van der Waals surface area contributed by atoms with Gasteiger partial charge in [0.15, 0.2) is 11.5 Å². The molecule has 0 spiro atoms. The van der Waals surface area contributed by atoms with Crippen LogP contribution in [0.15, 0.2) is 72.8 Å². The van der Waals surface area contributed by atoms with Gasteiger partial charge in [0.05, 0.1) is 0 Å². The van der Waals surface area contributed by atoms with Gasteiger partial charge in [0.25, 0.3) is 5.91 Å². The standard InChI is InChI=1S/C26H25Cl2NO3/c1-17(22(19-6-4-3-5-7-19)14-18-8-10-20(27)11-9-18)29-25(30)26(2)16-31-23-13-12-21(28)15-24(23)32-26/h3-13,15,17,22H,14,16H2,1-2H3,(H,29,30)/t17-,22?,26?/m0/s1. The predicted octanol–water partition coefficient (Wildman–Crippen LogP) is 6.05. The lowest BCUT2D eigenvalue weighted by molar-refractivity contribution is -0.140. The average Bonchev–Trinajstić information content (AvgIpc) is 2.78. The molecule has 1 aliphatic heterocycles. The molecular weight excluding hydrogens is 445 g/mol. The number of benzene rings is 3. The van der Waals surface area contributed by atoms with Crippen LogP contribution in [0.5, 0.6) is 11.5 Å². The molecule has 3 aromatic rings. The molecule has 1 heterocycles. The summed E-state index contributed by atoms with van der Waals surface area (Å²) in [4.78, 5) is 13.3. The maximum absolute atomic E-state index is 13.3. The Morgan fingerprint density at radius 1 is 1.00 bits per heavy atom. The molecule has 2 unspecified atom stereocenters. The van der Waals surface area contributed by atoms with Crippen LogP contribution in [0, 0.1) is 0 Å². The highest BCUT2D eigenvalue weighted by Crippen LogP contribution is 2.37. The lowest BCUT2D eigenvalue weighted by Crippen LogP contribution is -2.57. The van der Waals surface area contributed by atoms with Crippen LogP contribution in [0.25, 0.3) is 0 Å². The van der Waals surface area contributed by atoms with Crippen molar-refractivity contribution in [2.24, 2.45) is 0 Å². The Kier molecular flexibility index (Phi) is 6.63. The second-order valence-corrected chi connectivity index (χ2v) is 9.20. The van der Waals surface area contributed by atoms with Gasteiger partial charge in [-0.05, 0) is 55.7 Å². The maximum Gasteiger partial charge on any atom is 0.267 e. The number of amides is 1. The first kappa shape index (κ1) is 22.5. The Bertz CT molecular complexity index is 1090. The lowest BCUT2D eigenvalue weighted by Gasteiger charge is -2.36. The molecule has 0 fully saturated rings. The van der Waals surface area contributed by atoms with E-state index in [4.69, 9.17) is 32.7 Å².